The largest absolute Gasteiger partial charge is 0.478 e. The molecule has 1 saturated carbocycles. The Labute approximate surface area is 122 Å². The van der Waals surface area contributed by atoms with E-state index in [-0.39, 0.29) is 17.3 Å². The summed E-state index contributed by atoms with van der Waals surface area (Å²) in [7, 11) is 0. The van der Waals surface area contributed by atoms with Gasteiger partial charge in [0.1, 0.15) is 0 Å². The van der Waals surface area contributed by atoms with Crippen molar-refractivity contribution in [1.29, 1.82) is 0 Å². The molecule has 2 N–H and O–H groups in total. The van der Waals surface area contributed by atoms with Crippen LogP contribution in [0.25, 0.3) is 11.0 Å². The smallest absolute Gasteiger partial charge is 0.335 e. The summed E-state index contributed by atoms with van der Waals surface area (Å²) in [5, 5.41) is 9.05. The van der Waals surface area contributed by atoms with Crippen molar-refractivity contribution in [3.8, 4) is 0 Å². The van der Waals surface area contributed by atoms with E-state index in [1.165, 1.54) is 6.42 Å². The zero-order valence-electron chi connectivity index (χ0n) is 12.1. The number of aromatic carboxylic acids is 1. The van der Waals surface area contributed by atoms with Gasteiger partial charge in [-0.1, -0.05) is 26.2 Å². The maximum absolute atomic E-state index is 12.3. The molecule has 3 rings (SSSR count). The molecule has 21 heavy (non-hydrogen) atoms. The van der Waals surface area contributed by atoms with E-state index in [9.17, 15) is 9.59 Å². The minimum atomic E-state index is -0.977. The molecule has 2 atom stereocenters. The first-order valence-corrected chi connectivity index (χ1v) is 7.59. The predicted octanol–water partition coefficient (Wildman–Crippen LogP) is 3.17. The average molecular weight is 288 g/mol. The number of aromatic amines is 1. The Balaban J connectivity index is 2.11. The zero-order valence-corrected chi connectivity index (χ0v) is 12.1. The third-order valence-electron chi connectivity index (χ3n) is 4.69. The number of benzene rings is 1. The minimum absolute atomic E-state index is 0.127. The molecule has 1 aliphatic carbocycles. The van der Waals surface area contributed by atoms with Gasteiger partial charge in [0, 0.05) is 6.04 Å². The number of H-pyrrole nitrogens is 1. The Morgan fingerprint density at radius 3 is 2.86 bits per heavy atom. The van der Waals surface area contributed by atoms with E-state index in [1.807, 2.05) is 4.57 Å². The first-order chi connectivity index (χ1) is 10.1. The Bertz CT molecular complexity index is 729. The molecule has 0 bridgehead atoms. The topological polar surface area (TPSA) is 75.1 Å². The van der Waals surface area contributed by atoms with Crippen molar-refractivity contribution in [2.75, 3.05) is 0 Å². The molecule has 1 fully saturated rings. The summed E-state index contributed by atoms with van der Waals surface area (Å²) in [4.78, 5) is 26.2. The van der Waals surface area contributed by atoms with Gasteiger partial charge in [0.15, 0.2) is 0 Å². The summed E-state index contributed by atoms with van der Waals surface area (Å²) in [6.07, 6.45) is 5.62. The fourth-order valence-electron chi connectivity index (χ4n) is 3.60. The highest BCUT2D eigenvalue weighted by molar-refractivity contribution is 5.92. The molecule has 1 aromatic heterocycles. The van der Waals surface area contributed by atoms with Crippen molar-refractivity contribution >= 4 is 17.0 Å². The van der Waals surface area contributed by atoms with Crippen LogP contribution >= 0.6 is 0 Å². The van der Waals surface area contributed by atoms with E-state index in [1.54, 1.807) is 18.2 Å². The van der Waals surface area contributed by atoms with Gasteiger partial charge < -0.3 is 10.1 Å². The number of carbonyl (C=O) groups is 1. The number of hydrogen-bond acceptors (Lipinski definition) is 2. The van der Waals surface area contributed by atoms with Gasteiger partial charge in [-0.2, -0.15) is 0 Å². The van der Waals surface area contributed by atoms with Gasteiger partial charge in [-0.3, -0.25) is 4.57 Å². The Morgan fingerprint density at radius 1 is 1.38 bits per heavy atom. The Hall–Kier alpha value is -2.04. The number of fused-ring (bicyclic) bond motifs is 1. The van der Waals surface area contributed by atoms with Crippen LogP contribution in [0.2, 0.25) is 0 Å². The van der Waals surface area contributed by atoms with Gasteiger partial charge in [0.25, 0.3) is 0 Å². The van der Waals surface area contributed by atoms with Gasteiger partial charge in [-0.15, -0.1) is 0 Å². The van der Waals surface area contributed by atoms with Crippen LogP contribution in [0, 0.1) is 5.92 Å². The van der Waals surface area contributed by atoms with E-state index >= 15 is 0 Å². The molecule has 112 valence electrons. The summed E-state index contributed by atoms with van der Waals surface area (Å²) in [6.45, 7) is 2.17. The molecule has 0 spiro atoms. The second-order valence-corrected chi connectivity index (χ2v) is 5.86. The third-order valence-corrected chi connectivity index (χ3v) is 4.69. The molecule has 1 heterocycles. The van der Waals surface area contributed by atoms with Crippen molar-refractivity contribution in [3.05, 3.63) is 34.2 Å². The minimum Gasteiger partial charge on any atom is -0.478 e. The Morgan fingerprint density at radius 2 is 2.14 bits per heavy atom. The highest BCUT2D eigenvalue weighted by Gasteiger charge is 2.27. The van der Waals surface area contributed by atoms with Crippen LogP contribution in [0.15, 0.2) is 23.0 Å². The standard InChI is InChI=1S/C16H20N2O3/c1-2-10-5-3-4-6-13(10)18-14-8-7-11(15(19)20)9-12(14)17-16(18)21/h7-10,13H,2-6H2,1H3,(H,17,21)(H,19,20). The molecule has 0 saturated heterocycles. The maximum Gasteiger partial charge on any atom is 0.335 e. The van der Waals surface area contributed by atoms with Crippen molar-refractivity contribution < 1.29 is 9.90 Å². The van der Waals surface area contributed by atoms with E-state index in [4.69, 9.17) is 5.11 Å². The van der Waals surface area contributed by atoms with E-state index in [0.717, 1.165) is 31.2 Å². The van der Waals surface area contributed by atoms with Gasteiger partial charge in [0.05, 0.1) is 16.6 Å². The van der Waals surface area contributed by atoms with Crippen LogP contribution in [0.1, 0.15) is 55.4 Å². The number of imidazole rings is 1. The van der Waals surface area contributed by atoms with E-state index in [2.05, 4.69) is 11.9 Å². The van der Waals surface area contributed by atoms with Crippen LogP contribution in [0.3, 0.4) is 0 Å². The fourth-order valence-corrected chi connectivity index (χ4v) is 3.60. The summed E-state index contributed by atoms with van der Waals surface area (Å²) in [5.74, 6) is -0.454. The number of hydrogen-bond donors (Lipinski definition) is 2. The van der Waals surface area contributed by atoms with Crippen LogP contribution < -0.4 is 5.69 Å². The van der Waals surface area contributed by atoms with Crippen LogP contribution in [-0.2, 0) is 0 Å². The number of aromatic nitrogens is 2. The molecule has 2 unspecified atom stereocenters. The lowest BCUT2D eigenvalue weighted by Crippen LogP contribution is -2.29. The molecule has 1 aliphatic rings. The monoisotopic (exact) mass is 288 g/mol. The van der Waals surface area contributed by atoms with Gasteiger partial charge >= 0.3 is 11.7 Å². The zero-order chi connectivity index (χ0) is 15.0. The Kier molecular flexibility index (Phi) is 3.57. The lowest BCUT2D eigenvalue weighted by atomic mass is 9.82. The molecular formula is C16H20N2O3. The quantitative estimate of drug-likeness (QED) is 0.911. The average Bonchev–Trinajstić information content (AvgIpc) is 2.81. The first-order valence-electron chi connectivity index (χ1n) is 7.59. The summed E-state index contributed by atoms with van der Waals surface area (Å²) in [6, 6.07) is 5.08. The number of rotatable bonds is 3. The van der Waals surface area contributed by atoms with Crippen molar-refractivity contribution in [1.82, 2.24) is 9.55 Å². The van der Waals surface area contributed by atoms with E-state index < -0.39 is 5.97 Å². The third kappa shape index (κ3) is 2.37. The van der Waals surface area contributed by atoms with Crippen molar-refractivity contribution in [3.63, 3.8) is 0 Å². The van der Waals surface area contributed by atoms with Crippen LogP contribution in [-0.4, -0.2) is 20.6 Å². The molecule has 0 aliphatic heterocycles. The lowest BCUT2D eigenvalue weighted by Gasteiger charge is -2.31. The highest BCUT2D eigenvalue weighted by atomic mass is 16.4. The van der Waals surface area contributed by atoms with Crippen molar-refractivity contribution in [2.24, 2.45) is 5.92 Å². The summed E-state index contributed by atoms with van der Waals surface area (Å²) >= 11 is 0. The van der Waals surface area contributed by atoms with Gasteiger partial charge in [0.2, 0.25) is 0 Å². The first kappa shape index (κ1) is 13.9. The number of carboxylic acid groups (broad SMARTS) is 1. The predicted molar refractivity (Wildman–Crippen MR) is 80.8 cm³/mol. The highest BCUT2D eigenvalue weighted by Crippen LogP contribution is 2.36. The van der Waals surface area contributed by atoms with Crippen molar-refractivity contribution in [2.45, 2.75) is 45.1 Å². The molecule has 1 aromatic carbocycles. The van der Waals surface area contributed by atoms with Crippen LogP contribution in [0.5, 0.6) is 0 Å². The fraction of sp³-hybridized carbons (Fsp3) is 0.500. The number of carboxylic acids is 1. The lowest BCUT2D eigenvalue weighted by molar-refractivity contribution is 0.0697. The molecule has 0 amide bonds. The normalized spacial score (nSPS) is 22.5. The number of nitrogens with zero attached hydrogens (tertiary/aromatic N) is 1. The molecule has 0 radical (unpaired) electrons. The summed E-state index contributed by atoms with van der Waals surface area (Å²) < 4.78 is 1.84. The van der Waals surface area contributed by atoms with Gasteiger partial charge in [-0.25, -0.2) is 9.59 Å². The molecule has 2 aromatic rings. The molecule has 5 heteroatoms. The SMILES string of the molecule is CCC1CCCCC1n1c(=O)[nH]c2cc(C(=O)O)ccc21. The van der Waals surface area contributed by atoms with Gasteiger partial charge in [-0.05, 0) is 37.0 Å². The number of nitrogens with one attached hydrogen (secondary N) is 1. The molecule has 5 nitrogen and oxygen atoms in total. The molecular weight excluding hydrogens is 268 g/mol. The second kappa shape index (κ2) is 5.39. The van der Waals surface area contributed by atoms with E-state index in [0.29, 0.717) is 11.4 Å². The summed E-state index contributed by atoms with van der Waals surface area (Å²) in [5.41, 5.74) is 1.50. The maximum atomic E-state index is 12.3. The second-order valence-electron chi connectivity index (χ2n) is 5.86. The van der Waals surface area contributed by atoms with Crippen LogP contribution in [0.4, 0.5) is 0 Å².